The molecule has 0 unspecified atom stereocenters. The minimum Gasteiger partial charge on any atom is -0.507 e. The van der Waals surface area contributed by atoms with Gasteiger partial charge in [0.1, 0.15) is 22.6 Å². The van der Waals surface area contributed by atoms with Gasteiger partial charge < -0.3 is 20.4 Å². The van der Waals surface area contributed by atoms with Gasteiger partial charge in [-0.15, -0.1) is 0 Å². The van der Waals surface area contributed by atoms with E-state index in [1.54, 1.807) is 12.1 Å². The lowest BCUT2D eigenvalue weighted by Gasteiger charge is -2.17. The molecule has 4 rings (SSSR count). The summed E-state index contributed by atoms with van der Waals surface area (Å²) in [7, 11) is 0. The van der Waals surface area contributed by atoms with Gasteiger partial charge in [0.2, 0.25) is 0 Å². The Bertz CT molecular complexity index is 1430. The van der Waals surface area contributed by atoms with E-state index in [1.165, 1.54) is 24.3 Å². The molecule has 0 bridgehead atoms. The Morgan fingerprint density at radius 3 is 1.11 bits per heavy atom. The SMILES string of the molecule is Cc1cc(-c2cc(C)c(-c3ccc(C(=O)O)c(O)c3)cc2C)c(C)cc1-c1ccc(C(=O)O)c(O)c1. The maximum absolute atomic E-state index is 11.2. The summed E-state index contributed by atoms with van der Waals surface area (Å²) in [5.74, 6) is -2.90. The van der Waals surface area contributed by atoms with Crippen LogP contribution >= 0.6 is 0 Å². The maximum atomic E-state index is 11.2. The molecule has 0 aliphatic rings. The zero-order valence-corrected chi connectivity index (χ0v) is 20.4. The van der Waals surface area contributed by atoms with Gasteiger partial charge in [-0.05, 0) is 108 Å². The first kappa shape index (κ1) is 24.5. The third kappa shape index (κ3) is 4.41. The van der Waals surface area contributed by atoms with E-state index in [9.17, 15) is 30.0 Å². The van der Waals surface area contributed by atoms with E-state index in [4.69, 9.17) is 0 Å². The topological polar surface area (TPSA) is 115 Å². The van der Waals surface area contributed by atoms with Gasteiger partial charge in [0.25, 0.3) is 0 Å². The first-order valence-corrected chi connectivity index (χ1v) is 11.3. The summed E-state index contributed by atoms with van der Waals surface area (Å²) >= 11 is 0. The minimum atomic E-state index is -1.18. The highest BCUT2D eigenvalue weighted by atomic mass is 16.4. The molecule has 0 aliphatic carbocycles. The summed E-state index contributed by atoms with van der Waals surface area (Å²) in [5.41, 5.74) is 9.12. The molecule has 4 aromatic rings. The van der Waals surface area contributed by atoms with Crippen LogP contribution in [0.1, 0.15) is 43.0 Å². The Morgan fingerprint density at radius 1 is 0.500 bits per heavy atom. The standard InChI is InChI=1S/C30H26O6/c1-15-11-25(17(3)9-23(15)19-5-7-21(29(33)34)27(31)13-19)26-12-16(2)24(10-18(26)4)20-6-8-22(30(35)36)28(32)14-20/h5-14,31-32H,1-4H3,(H,33,34)(H,35,36). The van der Waals surface area contributed by atoms with Crippen molar-refractivity contribution in [1.29, 1.82) is 0 Å². The molecule has 0 spiro atoms. The Balaban J connectivity index is 1.76. The Morgan fingerprint density at radius 2 is 0.806 bits per heavy atom. The quantitative estimate of drug-likeness (QED) is 0.251. The number of carboxylic acids is 2. The summed E-state index contributed by atoms with van der Waals surface area (Å²) in [6.45, 7) is 7.97. The number of aryl methyl sites for hydroxylation is 4. The fourth-order valence-corrected chi connectivity index (χ4v) is 4.59. The average molecular weight is 483 g/mol. The molecule has 0 saturated heterocycles. The smallest absolute Gasteiger partial charge is 0.339 e. The highest BCUT2D eigenvalue weighted by Crippen LogP contribution is 2.38. The highest BCUT2D eigenvalue weighted by molar-refractivity contribution is 5.93. The molecule has 0 saturated carbocycles. The van der Waals surface area contributed by atoms with Gasteiger partial charge in [-0.1, -0.05) is 36.4 Å². The van der Waals surface area contributed by atoms with Crippen LogP contribution in [0, 0.1) is 27.7 Å². The second-order valence-corrected chi connectivity index (χ2v) is 9.04. The number of benzene rings is 4. The molecule has 0 aliphatic heterocycles. The first-order valence-electron chi connectivity index (χ1n) is 11.3. The number of carbonyl (C=O) groups is 2. The Hall–Kier alpha value is -4.58. The summed E-state index contributed by atoms with van der Waals surface area (Å²) in [5, 5.41) is 38.6. The molecular weight excluding hydrogens is 456 g/mol. The molecule has 6 heteroatoms. The van der Waals surface area contributed by atoms with E-state index >= 15 is 0 Å². The predicted octanol–water partition coefficient (Wildman–Crippen LogP) is 6.73. The molecule has 182 valence electrons. The lowest BCUT2D eigenvalue weighted by atomic mass is 9.87. The van der Waals surface area contributed by atoms with Crippen molar-refractivity contribution in [3.63, 3.8) is 0 Å². The van der Waals surface area contributed by atoms with Crippen LogP contribution in [0.5, 0.6) is 11.5 Å². The third-order valence-corrected chi connectivity index (χ3v) is 6.51. The number of phenols is 2. The molecule has 36 heavy (non-hydrogen) atoms. The maximum Gasteiger partial charge on any atom is 0.339 e. The van der Waals surface area contributed by atoms with E-state index in [-0.39, 0.29) is 22.6 Å². The molecule has 0 radical (unpaired) electrons. The number of rotatable bonds is 5. The van der Waals surface area contributed by atoms with Crippen LogP contribution in [-0.4, -0.2) is 32.4 Å². The second kappa shape index (κ2) is 9.23. The van der Waals surface area contributed by atoms with Crippen molar-refractivity contribution >= 4 is 11.9 Å². The number of carboxylic acid groups (broad SMARTS) is 2. The van der Waals surface area contributed by atoms with Crippen LogP contribution < -0.4 is 0 Å². The van der Waals surface area contributed by atoms with E-state index in [0.717, 1.165) is 55.6 Å². The molecule has 4 N–H and O–H groups in total. The summed E-state index contributed by atoms with van der Waals surface area (Å²) < 4.78 is 0. The van der Waals surface area contributed by atoms with Crippen molar-refractivity contribution in [2.75, 3.05) is 0 Å². The van der Waals surface area contributed by atoms with Gasteiger partial charge in [0.15, 0.2) is 0 Å². The number of hydrogen-bond acceptors (Lipinski definition) is 4. The van der Waals surface area contributed by atoms with Crippen LogP contribution in [-0.2, 0) is 0 Å². The average Bonchev–Trinajstić information content (AvgIpc) is 2.81. The van der Waals surface area contributed by atoms with Gasteiger partial charge in [-0.3, -0.25) is 0 Å². The molecule has 4 aromatic carbocycles. The van der Waals surface area contributed by atoms with Crippen LogP contribution in [0.3, 0.4) is 0 Å². The van der Waals surface area contributed by atoms with E-state index in [1.807, 2.05) is 39.8 Å². The molecule has 0 aromatic heterocycles. The van der Waals surface area contributed by atoms with Crippen LogP contribution in [0.4, 0.5) is 0 Å². The first-order chi connectivity index (χ1) is 17.0. The monoisotopic (exact) mass is 482 g/mol. The van der Waals surface area contributed by atoms with E-state index in [2.05, 4.69) is 12.1 Å². The van der Waals surface area contributed by atoms with Crippen LogP contribution in [0.2, 0.25) is 0 Å². The number of aromatic carboxylic acids is 2. The van der Waals surface area contributed by atoms with Gasteiger partial charge in [-0.2, -0.15) is 0 Å². The zero-order chi connectivity index (χ0) is 26.3. The summed E-state index contributed by atoms with van der Waals surface area (Å²) in [6, 6.07) is 17.4. The van der Waals surface area contributed by atoms with E-state index in [0.29, 0.717) is 0 Å². The number of hydrogen-bond donors (Lipinski definition) is 4. The Labute approximate surface area is 208 Å². The van der Waals surface area contributed by atoms with Crippen molar-refractivity contribution < 1.29 is 30.0 Å². The summed E-state index contributed by atoms with van der Waals surface area (Å²) in [6.07, 6.45) is 0. The molecule has 0 atom stereocenters. The zero-order valence-electron chi connectivity index (χ0n) is 20.4. The fraction of sp³-hybridized carbons (Fsp3) is 0.133. The summed E-state index contributed by atoms with van der Waals surface area (Å²) in [4.78, 5) is 22.5. The van der Waals surface area contributed by atoms with Gasteiger partial charge in [0.05, 0.1) is 0 Å². The fourth-order valence-electron chi connectivity index (χ4n) is 4.59. The molecule has 6 nitrogen and oxygen atoms in total. The van der Waals surface area contributed by atoms with Crippen molar-refractivity contribution in [3.8, 4) is 44.9 Å². The third-order valence-electron chi connectivity index (χ3n) is 6.51. The molecule has 0 heterocycles. The molecule has 0 fully saturated rings. The van der Waals surface area contributed by atoms with Crippen molar-refractivity contribution in [2.45, 2.75) is 27.7 Å². The van der Waals surface area contributed by atoms with Crippen molar-refractivity contribution in [2.24, 2.45) is 0 Å². The normalized spacial score (nSPS) is 10.9. The largest absolute Gasteiger partial charge is 0.507 e. The van der Waals surface area contributed by atoms with Gasteiger partial charge in [-0.25, -0.2) is 9.59 Å². The molecular formula is C30H26O6. The van der Waals surface area contributed by atoms with Crippen LogP contribution in [0.25, 0.3) is 33.4 Å². The van der Waals surface area contributed by atoms with E-state index < -0.39 is 11.9 Å². The predicted molar refractivity (Wildman–Crippen MR) is 139 cm³/mol. The number of aromatic hydroxyl groups is 2. The Kier molecular flexibility index (Phi) is 6.29. The van der Waals surface area contributed by atoms with Crippen molar-refractivity contribution in [1.82, 2.24) is 0 Å². The van der Waals surface area contributed by atoms with Gasteiger partial charge >= 0.3 is 11.9 Å². The van der Waals surface area contributed by atoms with Crippen LogP contribution in [0.15, 0.2) is 60.7 Å². The minimum absolute atomic E-state index is 0.137. The van der Waals surface area contributed by atoms with Gasteiger partial charge in [0, 0.05) is 0 Å². The molecule has 0 amide bonds. The lowest BCUT2D eigenvalue weighted by molar-refractivity contribution is 0.0682. The van der Waals surface area contributed by atoms with Crippen molar-refractivity contribution in [3.05, 3.63) is 94.0 Å². The highest BCUT2D eigenvalue weighted by Gasteiger charge is 2.16. The second-order valence-electron chi connectivity index (χ2n) is 9.04. The lowest BCUT2D eigenvalue weighted by Crippen LogP contribution is -1.98.